The third-order valence-corrected chi connectivity index (χ3v) is 3.16. The lowest BCUT2D eigenvalue weighted by atomic mass is 10.0. The van der Waals surface area contributed by atoms with E-state index in [1.165, 1.54) is 0 Å². The molecule has 0 aromatic rings. The average Bonchev–Trinajstić information content (AvgIpc) is 2.35. The zero-order valence-corrected chi connectivity index (χ0v) is 10.4. The standard InChI is InChI=1S/C12H22N2O3/c1-9(12(16)17)5-4-8-14-11(15)10-6-2-3-7-13-10/h9-10,13H,2-8H2,1H3,(H,14,15)(H,16,17)/t9?,10-/m1/s1. The summed E-state index contributed by atoms with van der Waals surface area (Å²) in [5.41, 5.74) is 0. The fourth-order valence-corrected chi connectivity index (χ4v) is 1.94. The van der Waals surface area contributed by atoms with Gasteiger partial charge >= 0.3 is 5.97 Å². The summed E-state index contributed by atoms with van der Waals surface area (Å²) in [6.45, 7) is 3.16. The smallest absolute Gasteiger partial charge is 0.306 e. The van der Waals surface area contributed by atoms with Crippen molar-refractivity contribution in [2.75, 3.05) is 13.1 Å². The van der Waals surface area contributed by atoms with Crippen LogP contribution in [0.15, 0.2) is 0 Å². The lowest BCUT2D eigenvalue weighted by Gasteiger charge is -2.22. The van der Waals surface area contributed by atoms with Crippen LogP contribution in [-0.4, -0.2) is 36.1 Å². The molecule has 0 saturated carbocycles. The molecule has 1 rings (SSSR count). The number of carboxylic acids is 1. The number of hydrogen-bond acceptors (Lipinski definition) is 3. The van der Waals surface area contributed by atoms with Gasteiger partial charge in [0.15, 0.2) is 0 Å². The quantitative estimate of drug-likeness (QED) is 0.600. The van der Waals surface area contributed by atoms with Gasteiger partial charge in [-0.25, -0.2) is 0 Å². The Morgan fingerprint density at radius 1 is 1.47 bits per heavy atom. The van der Waals surface area contributed by atoms with E-state index >= 15 is 0 Å². The summed E-state index contributed by atoms with van der Waals surface area (Å²) in [5.74, 6) is -1.06. The van der Waals surface area contributed by atoms with Crippen LogP contribution in [0.4, 0.5) is 0 Å². The molecule has 1 unspecified atom stereocenters. The zero-order chi connectivity index (χ0) is 12.7. The molecule has 5 nitrogen and oxygen atoms in total. The Morgan fingerprint density at radius 3 is 2.82 bits per heavy atom. The highest BCUT2D eigenvalue weighted by atomic mass is 16.4. The first-order valence-electron chi connectivity index (χ1n) is 6.35. The van der Waals surface area contributed by atoms with Crippen molar-refractivity contribution in [3.8, 4) is 0 Å². The topological polar surface area (TPSA) is 78.4 Å². The van der Waals surface area contributed by atoms with E-state index in [9.17, 15) is 9.59 Å². The second-order valence-electron chi connectivity index (χ2n) is 4.68. The molecule has 0 aromatic heterocycles. The van der Waals surface area contributed by atoms with E-state index < -0.39 is 5.97 Å². The highest BCUT2D eigenvalue weighted by molar-refractivity contribution is 5.81. The van der Waals surface area contributed by atoms with E-state index in [0.29, 0.717) is 19.4 Å². The fourth-order valence-electron chi connectivity index (χ4n) is 1.94. The zero-order valence-electron chi connectivity index (χ0n) is 10.4. The third kappa shape index (κ3) is 5.17. The van der Waals surface area contributed by atoms with Gasteiger partial charge in [-0.15, -0.1) is 0 Å². The van der Waals surface area contributed by atoms with Crippen LogP contribution in [0.3, 0.4) is 0 Å². The van der Waals surface area contributed by atoms with Crippen molar-refractivity contribution in [3.63, 3.8) is 0 Å². The van der Waals surface area contributed by atoms with Gasteiger partial charge in [0.2, 0.25) is 5.91 Å². The largest absolute Gasteiger partial charge is 0.481 e. The number of carbonyl (C=O) groups is 2. The molecule has 1 aliphatic rings. The number of rotatable bonds is 6. The molecule has 0 aliphatic carbocycles. The van der Waals surface area contributed by atoms with Crippen LogP contribution in [0.2, 0.25) is 0 Å². The first-order valence-corrected chi connectivity index (χ1v) is 6.35. The molecule has 1 fully saturated rings. The van der Waals surface area contributed by atoms with Crippen molar-refractivity contribution in [2.24, 2.45) is 5.92 Å². The van der Waals surface area contributed by atoms with Crippen LogP contribution in [0.5, 0.6) is 0 Å². The minimum absolute atomic E-state index is 0.0488. The predicted molar refractivity (Wildman–Crippen MR) is 64.7 cm³/mol. The van der Waals surface area contributed by atoms with E-state index in [1.807, 2.05) is 0 Å². The third-order valence-electron chi connectivity index (χ3n) is 3.16. The van der Waals surface area contributed by atoms with Crippen LogP contribution < -0.4 is 10.6 Å². The van der Waals surface area contributed by atoms with Gasteiger partial charge in [0.1, 0.15) is 0 Å². The van der Waals surface area contributed by atoms with E-state index in [-0.39, 0.29) is 17.9 Å². The number of amides is 1. The van der Waals surface area contributed by atoms with Crippen molar-refractivity contribution < 1.29 is 14.7 Å². The summed E-state index contributed by atoms with van der Waals surface area (Å²) in [7, 11) is 0. The van der Waals surface area contributed by atoms with Crippen molar-refractivity contribution in [2.45, 2.75) is 45.1 Å². The molecule has 0 bridgehead atoms. The van der Waals surface area contributed by atoms with Crippen LogP contribution in [0, 0.1) is 5.92 Å². The number of aliphatic carboxylic acids is 1. The maximum Gasteiger partial charge on any atom is 0.306 e. The maximum atomic E-state index is 11.7. The number of carboxylic acid groups (broad SMARTS) is 1. The SMILES string of the molecule is CC(CCCNC(=O)[C@H]1CCCCN1)C(=O)O. The summed E-state index contributed by atoms with van der Waals surface area (Å²) >= 11 is 0. The van der Waals surface area contributed by atoms with Crippen LogP contribution >= 0.6 is 0 Å². The fraction of sp³-hybridized carbons (Fsp3) is 0.833. The molecule has 1 amide bonds. The van der Waals surface area contributed by atoms with Crippen LogP contribution in [-0.2, 0) is 9.59 Å². The predicted octanol–water partition coefficient (Wildman–Crippen LogP) is 0.746. The normalized spacial score (nSPS) is 21.8. The number of carbonyl (C=O) groups excluding carboxylic acids is 1. The average molecular weight is 242 g/mol. The summed E-state index contributed by atoms with van der Waals surface area (Å²) < 4.78 is 0. The van der Waals surface area contributed by atoms with E-state index in [4.69, 9.17) is 5.11 Å². The first-order chi connectivity index (χ1) is 8.11. The molecule has 0 aromatic carbocycles. The highest BCUT2D eigenvalue weighted by Crippen LogP contribution is 2.07. The number of hydrogen-bond donors (Lipinski definition) is 3. The maximum absolute atomic E-state index is 11.7. The van der Waals surface area contributed by atoms with Crippen LogP contribution in [0.1, 0.15) is 39.0 Å². The minimum Gasteiger partial charge on any atom is -0.481 e. The molecule has 1 heterocycles. The Labute approximate surface area is 102 Å². The van der Waals surface area contributed by atoms with Crippen molar-refractivity contribution in [1.82, 2.24) is 10.6 Å². The first kappa shape index (κ1) is 14.0. The lowest BCUT2D eigenvalue weighted by molar-refractivity contribution is -0.141. The van der Waals surface area contributed by atoms with Gasteiger partial charge in [-0.2, -0.15) is 0 Å². The van der Waals surface area contributed by atoms with Gasteiger partial charge in [0.05, 0.1) is 12.0 Å². The minimum atomic E-state index is -0.773. The molecular formula is C12H22N2O3. The van der Waals surface area contributed by atoms with Crippen molar-refractivity contribution >= 4 is 11.9 Å². The summed E-state index contributed by atoms with van der Waals surface area (Å²) in [5, 5.41) is 14.7. The van der Waals surface area contributed by atoms with Gasteiger partial charge in [0.25, 0.3) is 0 Å². The Hall–Kier alpha value is -1.10. The molecule has 0 spiro atoms. The summed E-state index contributed by atoms with van der Waals surface area (Å²) in [6, 6.07) is -0.0550. The monoisotopic (exact) mass is 242 g/mol. The Morgan fingerprint density at radius 2 is 2.24 bits per heavy atom. The second kappa shape index (κ2) is 7.27. The van der Waals surface area contributed by atoms with Gasteiger partial charge in [0, 0.05) is 6.54 Å². The van der Waals surface area contributed by atoms with E-state index in [1.54, 1.807) is 6.92 Å². The van der Waals surface area contributed by atoms with Crippen LogP contribution in [0.25, 0.3) is 0 Å². The Kier molecular flexibility index (Phi) is 5.97. The molecule has 0 radical (unpaired) electrons. The van der Waals surface area contributed by atoms with Crippen molar-refractivity contribution in [1.29, 1.82) is 0 Å². The molecule has 1 saturated heterocycles. The van der Waals surface area contributed by atoms with E-state index in [2.05, 4.69) is 10.6 Å². The number of nitrogens with one attached hydrogen (secondary N) is 2. The van der Waals surface area contributed by atoms with Gasteiger partial charge < -0.3 is 15.7 Å². The molecule has 3 N–H and O–H groups in total. The van der Waals surface area contributed by atoms with Gasteiger partial charge in [-0.05, 0) is 32.2 Å². The Bertz CT molecular complexity index is 262. The van der Waals surface area contributed by atoms with E-state index in [0.717, 1.165) is 25.8 Å². The lowest BCUT2D eigenvalue weighted by Crippen LogP contribution is -2.46. The highest BCUT2D eigenvalue weighted by Gasteiger charge is 2.19. The van der Waals surface area contributed by atoms with Gasteiger partial charge in [-0.1, -0.05) is 13.3 Å². The molecule has 2 atom stereocenters. The van der Waals surface area contributed by atoms with Crippen molar-refractivity contribution in [3.05, 3.63) is 0 Å². The molecule has 1 aliphatic heterocycles. The summed E-state index contributed by atoms with van der Waals surface area (Å²) in [4.78, 5) is 22.3. The molecule has 17 heavy (non-hydrogen) atoms. The molecule has 98 valence electrons. The molecular weight excluding hydrogens is 220 g/mol. The second-order valence-corrected chi connectivity index (χ2v) is 4.68. The number of piperidine rings is 1. The van der Waals surface area contributed by atoms with Gasteiger partial charge in [-0.3, -0.25) is 9.59 Å². The summed E-state index contributed by atoms with van der Waals surface area (Å²) in [6.07, 6.45) is 4.46. The molecule has 5 heteroatoms. The Balaban J connectivity index is 2.09.